The van der Waals surface area contributed by atoms with E-state index in [1.54, 1.807) is 0 Å². The molecule has 1 N–H and O–H groups in total. The van der Waals surface area contributed by atoms with Crippen molar-refractivity contribution in [3.63, 3.8) is 0 Å². The monoisotopic (exact) mass is 341 g/mol. The molecule has 0 heterocycles. The lowest BCUT2D eigenvalue weighted by molar-refractivity contribution is -0.147. The van der Waals surface area contributed by atoms with Crippen molar-refractivity contribution in [1.82, 2.24) is 0 Å². The number of aryl methyl sites for hydroxylation is 3. The number of hydrogen-bond donors (Lipinski definition) is 1. The van der Waals surface area contributed by atoms with Crippen LogP contribution in [0.5, 0.6) is 5.75 Å². The Balaban J connectivity index is 1.67. The Labute approximate surface area is 148 Å². The van der Waals surface area contributed by atoms with Crippen LogP contribution in [0.2, 0.25) is 0 Å². The van der Waals surface area contributed by atoms with E-state index < -0.39 is 5.97 Å². The standard InChI is InChI=1S/C20H23NO4/c1-14-4-8-18(9-5-14)24-11-10-20(23)25-13-19(22)21-17-7-6-15(2)16(3)12-17/h4-9,12H,10-11,13H2,1-3H3,(H,21,22). The second kappa shape index (κ2) is 8.87. The highest BCUT2D eigenvalue weighted by Gasteiger charge is 2.09. The van der Waals surface area contributed by atoms with E-state index in [9.17, 15) is 9.59 Å². The van der Waals surface area contributed by atoms with Gasteiger partial charge in [-0.3, -0.25) is 9.59 Å². The molecule has 0 aromatic heterocycles. The van der Waals surface area contributed by atoms with Gasteiger partial charge in [0.2, 0.25) is 0 Å². The van der Waals surface area contributed by atoms with Gasteiger partial charge in [-0.1, -0.05) is 23.8 Å². The number of carbonyl (C=O) groups excluding carboxylic acids is 2. The average Bonchev–Trinajstić information content (AvgIpc) is 2.58. The third-order valence-electron chi connectivity index (χ3n) is 3.75. The molecule has 0 fully saturated rings. The highest BCUT2D eigenvalue weighted by atomic mass is 16.5. The van der Waals surface area contributed by atoms with Crippen molar-refractivity contribution in [2.75, 3.05) is 18.5 Å². The summed E-state index contributed by atoms with van der Waals surface area (Å²) in [6.45, 7) is 5.86. The van der Waals surface area contributed by atoms with Gasteiger partial charge in [-0.05, 0) is 56.2 Å². The summed E-state index contributed by atoms with van der Waals surface area (Å²) in [5, 5.41) is 2.71. The summed E-state index contributed by atoms with van der Waals surface area (Å²) in [5.74, 6) is -0.135. The number of ether oxygens (including phenoxy) is 2. The molecule has 0 aliphatic rings. The zero-order valence-corrected chi connectivity index (χ0v) is 14.8. The predicted molar refractivity (Wildman–Crippen MR) is 96.8 cm³/mol. The summed E-state index contributed by atoms with van der Waals surface area (Å²) in [6, 6.07) is 13.2. The van der Waals surface area contributed by atoms with Crippen LogP contribution in [-0.4, -0.2) is 25.1 Å². The first-order valence-corrected chi connectivity index (χ1v) is 8.16. The summed E-state index contributed by atoms with van der Waals surface area (Å²) < 4.78 is 10.4. The van der Waals surface area contributed by atoms with Gasteiger partial charge in [-0.2, -0.15) is 0 Å². The molecule has 5 heteroatoms. The average molecular weight is 341 g/mol. The van der Waals surface area contributed by atoms with Gasteiger partial charge in [-0.25, -0.2) is 0 Å². The van der Waals surface area contributed by atoms with Crippen molar-refractivity contribution in [1.29, 1.82) is 0 Å². The maximum atomic E-state index is 11.8. The lowest BCUT2D eigenvalue weighted by atomic mass is 10.1. The van der Waals surface area contributed by atoms with Gasteiger partial charge >= 0.3 is 5.97 Å². The maximum absolute atomic E-state index is 11.8. The molecule has 0 aliphatic carbocycles. The number of hydrogen-bond acceptors (Lipinski definition) is 4. The fourth-order valence-corrected chi connectivity index (χ4v) is 2.12. The minimum absolute atomic E-state index is 0.0881. The summed E-state index contributed by atoms with van der Waals surface area (Å²) >= 11 is 0. The quantitative estimate of drug-likeness (QED) is 0.782. The largest absolute Gasteiger partial charge is 0.493 e. The first-order valence-electron chi connectivity index (χ1n) is 8.16. The van der Waals surface area contributed by atoms with E-state index in [-0.39, 0.29) is 25.5 Å². The Hall–Kier alpha value is -2.82. The molecule has 5 nitrogen and oxygen atoms in total. The zero-order chi connectivity index (χ0) is 18.2. The molecule has 25 heavy (non-hydrogen) atoms. The molecular weight excluding hydrogens is 318 g/mol. The number of esters is 1. The normalized spacial score (nSPS) is 10.2. The Morgan fingerprint density at radius 2 is 1.68 bits per heavy atom. The third-order valence-corrected chi connectivity index (χ3v) is 3.75. The highest BCUT2D eigenvalue weighted by molar-refractivity contribution is 5.92. The Bertz CT molecular complexity index is 738. The van der Waals surface area contributed by atoms with Crippen LogP contribution in [-0.2, 0) is 14.3 Å². The van der Waals surface area contributed by atoms with Crippen LogP contribution in [0.15, 0.2) is 42.5 Å². The lowest BCUT2D eigenvalue weighted by Gasteiger charge is -2.09. The summed E-state index contributed by atoms with van der Waals surface area (Å²) in [6.07, 6.45) is 0.0881. The van der Waals surface area contributed by atoms with E-state index in [1.165, 1.54) is 0 Å². The van der Waals surface area contributed by atoms with Crippen LogP contribution < -0.4 is 10.1 Å². The van der Waals surface area contributed by atoms with Gasteiger partial charge in [0, 0.05) is 5.69 Å². The molecule has 1 amide bonds. The molecule has 0 saturated heterocycles. The second-order valence-electron chi connectivity index (χ2n) is 5.92. The molecule has 0 radical (unpaired) electrons. The molecule has 132 valence electrons. The zero-order valence-electron chi connectivity index (χ0n) is 14.8. The topological polar surface area (TPSA) is 64.6 Å². The molecule has 0 unspecified atom stereocenters. The summed E-state index contributed by atoms with van der Waals surface area (Å²) in [5.41, 5.74) is 4.06. The van der Waals surface area contributed by atoms with Crippen molar-refractivity contribution in [2.45, 2.75) is 27.2 Å². The van der Waals surface area contributed by atoms with E-state index in [4.69, 9.17) is 9.47 Å². The van der Waals surface area contributed by atoms with Gasteiger partial charge in [0.25, 0.3) is 5.91 Å². The molecule has 2 aromatic carbocycles. The van der Waals surface area contributed by atoms with Gasteiger partial charge < -0.3 is 14.8 Å². The first-order chi connectivity index (χ1) is 11.9. The number of amides is 1. The van der Waals surface area contributed by atoms with Crippen LogP contribution in [0.3, 0.4) is 0 Å². The number of nitrogens with one attached hydrogen (secondary N) is 1. The first kappa shape index (κ1) is 18.5. The van der Waals surface area contributed by atoms with Crippen molar-refractivity contribution >= 4 is 17.6 Å². The predicted octanol–water partition coefficient (Wildman–Crippen LogP) is 3.56. The molecule has 0 spiro atoms. The minimum Gasteiger partial charge on any atom is -0.493 e. The minimum atomic E-state index is -0.470. The Kier molecular flexibility index (Phi) is 6.57. The lowest BCUT2D eigenvalue weighted by Crippen LogP contribution is -2.21. The number of carbonyl (C=O) groups is 2. The number of benzene rings is 2. The Morgan fingerprint density at radius 3 is 2.36 bits per heavy atom. The van der Waals surface area contributed by atoms with Gasteiger partial charge in [0.05, 0.1) is 13.0 Å². The van der Waals surface area contributed by atoms with Crippen molar-refractivity contribution < 1.29 is 19.1 Å². The van der Waals surface area contributed by atoms with Gasteiger partial charge in [-0.15, -0.1) is 0 Å². The van der Waals surface area contributed by atoms with Crippen LogP contribution in [0.1, 0.15) is 23.1 Å². The third kappa shape index (κ3) is 6.30. The molecule has 2 rings (SSSR count). The smallest absolute Gasteiger partial charge is 0.309 e. The molecule has 0 aliphatic heterocycles. The molecule has 0 bridgehead atoms. The fourth-order valence-electron chi connectivity index (χ4n) is 2.12. The summed E-state index contributed by atoms with van der Waals surface area (Å²) in [7, 11) is 0. The van der Waals surface area contributed by atoms with Crippen molar-refractivity contribution in [3.8, 4) is 5.75 Å². The van der Waals surface area contributed by atoms with E-state index in [0.717, 1.165) is 16.7 Å². The van der Waals surface area contributed by atoms with Gasteiger partial charge in [0.1, 0.15) is 5.75 Å². The molecule has 0 atom stereocenters. The van der Waals surface area contributed by atoms with Crippen LogP contribution in [0.25, 0.3) is 0 Å². The summed E-state index contributed by atoms with van der Waals surface area (Å²) in [4.78, 5) is 23.5. The Morgan fingerprint density at radius 1 is 0.960 bits per heavy atom. The molecule has 2 aromatic rings. The van der Waals surface area contributed by atoms with Gasteiger partial charge in [0.15, 0.2) is 6.61 Å². The van der Waals surface area contributed by atoms with Crippen LogP contribution in [0, 0.1) is 20.8 Å². The number of rotatable bonds is 7. The van der Waals surface area contributed by atoms with E-state index in [0.29, 0.717) is 11.4 Å². The van der Waals surface area contributed by atoms with E-state index >= 15 is 0 Å². The van der Waals surface area contributed by atoms with Crippen LogP contribution >= 0.6 is 0 Å². The highest BCUT2D eigenvalue weighted by Crippen LogP contribution is 2.14. The SMILES string of the molecule is Cc1ccc(OCCC(=O)OCC(=O)Nc2ccc(C)c(C)c2)cc1. The van der Waals surface area contributed by atoms with E-state index in [1.807, 2.05) is 63.2 Å². The second-order valence-corrected chi connectivity index (χ2v) is 5.92. The van der Waals surface area contributed by atoms with Crippen molar-refractivity contribution in [2.24, 2.45) is 0 Å². The van der Waals surface area contributed by atoms with Crippen molar-refractivity contribution in [3.05, 3.63) is 59.2 Å². The maximum Gasteiger partial charge on any atom is 0.309 e. The fraction of sp³-hybridized carbons (Fsp3) is 0.300. The molecule has 0 saturated carbocycles. The number of anilines is 1. The molecular formula is C20H23NO4. The van der Waals surface area contributed by atoms with E-state index in [2.05, 4.69) is 5.32 Å². The van der Waals surface area contributed by atoms with Crippen LogP contribution in [0.4, 0.5) is 5.69 Å².